The maximum absolute atomic E-state index is 11.9. The van der Waals surface area contributed by atoms with Crippen molar-refractivity contribution in [2.24, 2.45) is 0 Å². The van der Waals surface area contributed by atoms with Gasteiger partial charge in [-0.1, -0.05) is 0 Å². The first-order valence-corrected chi connectivity index (χ1v) is 5.07. The van der Waals surface area contributed by atoms with Crippen LogP contribution in [0.1, 0.15) is 23.2 Å². The molecule has 84 valence electrons. The fraction of sp³-hybridized carbons (Fsp3) is 0.400. The number of carbonyl (C=O) groups is 1. The smallest absolute Gasteiger partial charge is 0.288 e. The number of rotatable bonds is 2. The van der Waals surface area contributed by atoms with Crippen molar-refractivity contribution >= 4 is 11.6 Å². The van der Waals surface area contributed by atoms with Crippen LogP contribution < -0.4 is 0 Å². The van der Waals surface area contributed by atoms with E-state index in [1.165, 1.54) is 12.3 Å². The molecule has 1 amide bonds. The predicted octanol–water partition coefficient (Wildman–Crippen LogP) is 1.23. The topological polar surface area (TPSA) is 76.3 Å². The van der Waals surface area contributed by atoms with Gasteiger partial charge in [0.15, 0.2) is 0 Å². The summed E-state index contributed by atoms with van der Waals surface area (Å²) >= 11 is 0. The largest absolute Gasteiger partial charge is 0.339 e. The number of likely N-dealkylation sites (tertiary alicyclic amines) is 1. The number of nitro groups is 1. The maximum atomic E-state index is 11.9. The Hall–Kier alpha value is -1.98. The van der Waals surface area contributed by atoms with Crippen LogP contribution in [0, 0.1) is 10.1 Å². The molecular formula is C10H11N3O3. The molecular weight excluding hydrogens is 210 g/mol. The van der Waals surface area contributed by atoms with E-state index < -0.39 is 4.92 Å². The van der Waals surface area contributed by atoms with Crippen LogP contribution in [-0.4, -0.2) is 33.8 Å². The first-order chi connectivity index (χ1) is 7.68. The SMILES string of the molecule is O=C(c1cncc([N+](=O)[O-])c1)N1CCCC1. The molecule has 0 aliphatic carbocycles. The summed E-state index contributed by atoms with van der Waals surface area (Å²) in [6, 6.07) is 1.27. The molecule has 0 aromatic carbocycles. The lowest BCUT2D eigenvalue weighted by atomic mass is 10.2. The summed E-state index contributed by atoms with van der Waals surface area (Å²) in [5, 5.41) is 10.5. The lowest BCUT2D eigenvalue weighted by molar-refractivity contribution is -0.385. The second-order valence-corrected chi connectivity index (χ2v) is 3.69. The van der Waals surface area contributed by atoms with E-state index in [-0.39, 0.29) is 17.2 Å². The lowest BCUT2D eigenvalue weighted by Gasteiger charge is -2.14. The third-order valence-corrected chi connectivity index (χ3v) is 2.57. The Balaban J connectivity index is 2.22. The summed E-state index contributed by atoms with van der Waals surface area (Å²) in [7, 11) is 0. The zero-order valence-corrected chi connectivity index (χ0v) is 8.63. The number of hydrogen-bond acceptors (Lipinski definition) is 4. The summed E-state index contributed by atoms with van der Waals surface area (Å²) in [5.41, 5.74) is 0.140. The van der Waals surface area contributed by atoms with E-state index in [0.717, 1.165) is 32.1 Å². The molecule has 2 heterocycles. The van der Waals surface area contributed by atoms with Gasteiger partial charge in [0.2, 0.25) is 0 Å². The zero-order chi connectivity index (χ0) is 11.5. The molecule has 0 N–H and O–H groups in total. The first kappa shape index (κ1) is 10.5. The van der Waals surface area contributed by atoms with Crippen molar-refractivity contribution in [2.75, 3.05) is 13.1 Å². The van der Waals surface area contributed by atoms with Crippen molar-refractivity contribution in [2.45, 2.75) is 12.8 Å². The van der Waals surface area contributed by atoms with Gasteiger partial charge in [0, 0.05) is 25.4 Å². The minimum atomic E-state index is -0.548. The summed E-state index contributed by atoms with van der Waals surface area (Å²) in [5.74, 6) is -0.172. The summed E-state index contributed by atoms with van der Waals surface area (Å²) in [6.45, 7) is 1.45. The quantitative estimate of drug-likeness (QED) is 0.555. The van der Waals surface area contributed by atoms with Crippen molar-refractivity contribution in [3.8, 4) is 0 Å². The molecule has 1 saturated heterocycles. The molecule has 16 heavy (non-hydrogen) atoms. The Morgan fingerprint density at radius 3 is 2.69 bits per heavy atom. The summed E-state index contributed by atoms with van der Waals surface area (Å²) in [6.07, 6.45) is 4.50. The van der Waals surface area contributed by atoms with E-state index in [9.17, 15) is 14.9 Å². The fourth-order valence-corrected chi connectivity index (χ4v) is 1.75. The molecule has 1 aliphatic heterocycles. The van der Waals surface area contributed by atoms with Crippen LogP contribution in [0.2, 0.25) is 0 Å². The van der Waals surface area contributed by atoms with Crippen molar-refractivity contribution in [3.05, 3.63) is 34.1 Å². The van der Waals surface area contributed by atoms with Crippen LogP contribution in [0.25, 0.3) is 0 Å². The minimum Gasteiger partial charge on any atom is -0.339 e. The van der Waals surface area contributed by atoms with E-state index in [0.29, 0.717) is 0 Å². The predicted molar refractivity (Wildman–Crippen MR) is 56.0 cm³/mol. The molecule has 0 spiro atoms. The first-order valence-electron chi connectivity index (χ1n) is 5.07. The highest BCUT2D eigenvalue weighted by molar-refractivity contribution is 5.94. The number of nitrogens with zero attached hydrogens (tertiary/aromatic N) is 3. The van der Waals surface area contributed by atoms with Gasteiger partial charge in [0.1, 0.15) is 6.20 Å². The number of pyridine rings is 1. The lowest BCUT2D eigenvalue weighted by Crippen LogP contribution is -2.27. The Bertz CT molecular complexity index is 427. The van der Waals surface area contributed by atoms with Crippen molar-refractivity contribution < 1.29 is 9.72 Å². The van der Waals surface area contributed by atoms with Crippen molar-refractivity contribution in [1.29, 1.82) is 0 Å². The molecule has 0 bridgehead atoms. The molecule has 1 aromatic rings. The average Bonchev–Trinajstić information content (AvgIpc) is 2.81. The maximum Gasteiger partial charge on any atom is 0.288 e. The van der Waals surface area contributed by atoms with Gasteiger partial charge in [-0.05, 0) is 12.8 Å². The normalized spacial score (nSPS) is 15.1. The Morgan fingerprint density at radius 1 is 1.38 bits per heavy atom. The highest BCUT2D eigenvalue weighted by Crippen LogP contribution is 2.16. The number of aromatic nitrogens is 1. The van der Waals surface area contributed by atoms with E-state index in [1.807, 2.05) is 0 Å². The van der Waals surface area contributed by atoms with Crippen LogP contribution >= 0.6 is 0 Å². The van der Waals surface area contributed by atoms with E-state index in [2.05, 4.69) is 4.98 Å². The van der Waals surface area contributed by atoms with Gasteiger partial charge >= 0.3 is 0 Å². The van der Waals surface area contributed by atoms with Crippen LogP contribution in [-0.2, 0) is 0 Å². The number of amides is 1. The summed E-state index contributed by atoms with van der Waals surface area (Å²) < 4.78 is 0. The second kappa shape index (κ2) is 4.26. The number of hydrogen-bond donors (Lipinski definition) is 0. The molecule has 0 radical (unpaired) electrons. The minimum absolute atomic E-state index is 0.148. The molecule has 0 unspecified atom stereocenters. The fourth-order valence-electron chi connectivity index (χ4n) is 1.75. The highest BCUT2D eigenvalue weighted by atomic mass is 16.6. The van der Waals surface area contributed by atoms with Gasteiger partial charge in [-0.3, -0.25) is 19.9 Å². The van der Waals surface area contributed by atoms with Crippen LogP contribution in [0.15, 0.2) is 18.5 Å². The van der Waals surface area contributed by atoms with Gasteiger partial charge in [0.05, 0.1) is 10.5 Å². The average molecular weight is 221 g/mol. The monoisotopic (exact) mass is 221 g/mol. The highest BCUT2D eigenvalue weighted by Gasteiger charge is 2.21. The van der Waals surface area contributed by atoms with Crippen LogP contribution in [0.4, 0.5) is 5.69 Å². The third-order valence-electron chi connectivity index (χ3n) is 2.57. The van der Waals surface area contributed by atoms with Gasteiger partial charge in [0.25, 0.3) is 11.6 Å². The van der Waals surface area contributed by atoms with E-state index >= 15 is 0 Å². The summed E-state index contributed by atoms with van der Waals surface area (Å²) in [4.78, 5) is 27.3. The number of carbonyl (C=O) groups excluding carboxylic acids is 1. The molecule has 1 aromatic heterocycles. The molecule has 0 atom stereocenters. The zero-order valence-electron chi connectivity index (χ0n) is 8.63. The van der Waals surface area contributed by atoms with Crippen molar-refractivity contribution in [3.63, 3.8) is 0 Å². The van der Waals surface area contributed by atoms with Gasteiger partial charge in [-0.25, -0.2) is 0 Å². The molecule has 1 aliphatic rings. The molecule has 1 fully saturated rings. The van der Waals surface area contributed by atoms with Gasteiger partial charge < -0.3 is 4.90 Å². The second-order valence-electron chi connectivity index (χ2n) is 3.69. The van der Waals surface area contributed by atoms with Gasteiger partial charge in [-0.15, -0.1) is 0 Å². The Kier molecular flexibility index (Phi) is 2.80. The van der Waals surface area contributed by atoms with Gasteiger partial charge in [-0.2, -0.15) is 0 Å². The Labute approximate surface area is 92.0 Å². The van der Waals surface area contributed by atoms with E-state index in [4.69, 9.17) is 0 Å². The molecule has 6 nitrogen and oxygen atoms in total. The third kappa shape index (κ3) is 2.00. The molecule has 6 heteroatoms. The van der Waals surface area contributed by atoms with Crippen LogP contribution in [0.5, 0.6) is 0 Å². The molecule has 2 rings (SSSR count). The van der Waals surface area contributed by atoms with E-state index in [1.54, 1.807) is 4.90 Å². The van der Waals surface area contributed by atoms with Crippen LogP contribution in [0.3, 0.4) is 0 Å². The van der Waals surface area contributed by atoms with Crippen molar-refractivity contribution in [1.82, 2.24) is 9.88 Å². The Morgan fingerprint density at radius 2 is 2.06 bits per heavy atom. The standard InChI is InChI=1S/C10H11N3O3/c14-10(12-3-1-2-4-12)8-5-9(13(15)16)7-11-6-8/h5-7H,1-4H2. The molecule has 0 saturated carbocycles.